The minimum atomic E-state index is -0.0417. The number of hydrogen-bond acceptors (Lipinski definition) is 2. The molecule has 2 heteroatoms. The average molecular weight is 131 g/mol. The summed E-state index contributed by atoms with van der Waals surface area (Å²) in [5.41, 5.74) is 0. The molecule has 2 atom stereocenters. The van der Waals surface area contributed by atoms with Crippen LogP contribution in [-0.2, 0) is 9.47 Å². The van der Waals surface area contributed by atoms with Gasteiger partial charge < -0.3 is 9.47 Å². The maximum absolute atomic E-state index is 5.16. The monoisotopic (exact) mass is 131 g/mol. The molecule has 2 unspecified atom stereocenters. The SMILES string of the molecule is [CH2]C(OCC)C(C)OC. The lowest BCUT2D eigenvalue weighted by atomic mass is 10.2. The van der Waals surface area contributed by atoms with Crippen LogP contribution in [0.1, 0.15) is 13.8 Å². The first kappa shape index (κ1) is 8.92. The Hall–Kier alpha value is -0.0800. The molecule has 0 aliphatic heterocycles. The molecule has 0 aliphatic carbocycles. The van der Waals surface area contributed by atoms with E-state index in [0.29, 0.717) is 6.61 Å². The van der Waals surface area contributed by atoms with Gasteiger partial charge in [-0.1, -0.05) is 0 Å². The zero-order valence-corrected chi connectivity index (χ0v) is 6.39. The van der Waals surface area contributed by atoms with Crippen LogP contribution >= 0.6 is 0 Å². The van der Waals surface area contributed by atoms with Crippen LogP contribution in [0.15, 0.2) is 0 Å². The molecule has 0 amide bonds. The first-order chi connectivity index (χ1) is 4.22. The lowest BCUT2D eigenvalue weighted by Crippen LogP contribution is -2.24. The van der Waals surface area contributed by atoms with Crippen LogP contribution in [0, 0.1) is 6.92 Å². The molecule has 2 nitrogen and oxygen atoms in total. The van der Waals surface area contributed by atoms with Crippen LogP contribution in [0.3, 0.4) is 0 Å². The van der Waals surface area contributed by atoms with Crippen molar-refractivity contribution in [3.05, 3.63) is 6.92 Å². The van der Waals surface area contributed by atoms with Gasteiger partial charge in [0.25, 0.3) is 0 Å². The third kappa shape index (κ3) is 3.49. The van der Waals surface area contributed by atoms with Crippen LogP contribution in [0.25, 0.3) is 0 Å². The zero-order chi connectivity index (χ0) is 7.28. The maximum atomic E-state index is 5.16. The van der Waals surface area contributed by atoms with Crippen molar-refractivity contribution in [2.45, 2.75) is 26.1 Å². The van der Waals surface area contributed by atoms with Gasteiger partial charge in [0.15, 0.2) is 0 Å². The lowest BCUT2D eigenvalue weighted by molar-refractivity contribution is -0.0200. The molecular weight excluding hydrogens is 116 g/mol. The van der Waals surface area contributed by atoms with E-state index in [-0.39, 0.29) is 12.2 Å². The summed E-state index contributed by atoms with van der Waals surface area (Å²) in [5, 5.41) is 0. The van der Waals surface area contributed by atoms with Gasteiger partial charge in [0.1, 0.15) is 0 Å². The molecule has 0 bridgehead atoms. The van der Waals surface area contributed by atoms with Gasteiger partial charge in [0.05, 0.1) is 12.2 Å². The molecule has 9 heavy (non-hydrogen) atoms. The number of rotatable bonds is 4. The normalized spacial score (nSPS) is 17.3. The summed E-state index contributed by atoms with van der Waals surface area (Å²) in [4.78, 5) is 0. The van der Waals surface area contributed by atoms with Gasteiger partial charge in [-0.05, 0) is 20.8 Å². The summed E-state index contributed by atoms with van der Waals surface area (Å²) >= 11 is 0. The first-order valence-electron chi connectivity index (χ1n) is 3.19. The summed E-state index contributed by atoms with van der Waals surface area (Å²) in [7, 11) is 1.65. The van der Waals surface area contributed by atoms with E-state index in [4.69, 9.17) is 9.47 Å². The molecule has 0 saturated carbocycles. The topological polar surface area (TPSA) is 18.5 Å². The Bertz CT molecular complexity index is 63.9. The van der Waals surface area contributed by atoms with Gasteiger partial charge >= 0.3 is 0 Å². The van der Waals surface area contributed by atoms with Crippen molar-refractivity contribution in [3.8, 4) is 0 Å². The lowest BCUT2D eigenvalue weighted by Gasteiger charge is -2.17. The molecule has 0 aromatic heterocycles. The molecule has 0 rings (SSSR count). The predicted molar refractivity (Wildman–Crippen MR) is 37.2 cm³/mol. The van der Waals surface area contributed by atoms with Crippen LogP contribution in [-0.4, -0.2) is 25.9 Å². The van der Waals surface area contributed by atoms with Crippen molar-refractivity contribution < 1.29 is 9.47 Å². The molecule has 0 aromatic carbocycles. The Morgan fingerprint density at radius 1 is 1.56 bits per heavy atom. The van der Waals surface area contributed by atoms with E-state index in [1.807, 2.05) is 13.8 Å². The molecule has 0 saturated heterocycles. The van der Waals surface area contributed by atoms with Gasteiger partial charge in [-0.3, -0.25) is 0 Å². The summed E-state index contributed by atoms with van der Waals surface area (Å²) in [6.07, 6.45) is 0.0462. The van der Waals surface area contributed by atoms with Crippen LogP contribution in [0.4, 0.5) is 0 Å². The minimum absolute atomic E-state index is 0.0417. The van der Waals surface area contributed by atoms with E-state index in [9.17, 15) is 0 Å². The van der Waals surface area contributed by atoms with Crippen LogP contribution in [0.5, 0.6) is 0 Å². The van der Waals surface area contributed by atoms with Gasteiger partial charge in [-0.2, -0.15) is 0 Å². The van der Waals surface area contributed by atoms with Gasteiger partial charge in [0.2, 0.25) is 0 Å². The summed E-state index contributed by atoms with van der Waals surface area (Å²) in [6.45, 7) is 8.33. The van der Waals surface area contributed by atoms with E-state index in [1.165, 1.54) is 0 Å². The molecule has 0 spiro atoms. The molecule has 1 radical (unpaired) electrons. The van der Waals surface area contributed by atoms with Crippen molar-refractivity contribution in [3.63, 3.8) is 0 Å². The van der Waals surface area contributed by atoms with Crippen molar-refractivity contribution in [1.29, 1.82) is 0 Å². The van der Waals surface area contributed by atoms with E-state index >= 15 is 0 Å². The largest absolute Gasteiger partial charge is 0.379 e. The molecule has 0 aliphatic rings. The highest BCUT2D eigenvalue weighted by atomic mass is 16.5. The second kappa shape index (κ2) is 4.77. The maximum Gasteiger partial charge on any atom is 0.0834 e. The Morgan fingerprint density at radius 2 is 2.11 bits per heavy atom. The van der Waals surface area contributed by atoms with Gasteiger partial charge in [0, 0.05) is 13.7 Å². The fourth-order valence-electron chi connectivity index (χ4n) is 0.501. The molecule has 0 aromatic rings. The van der Waals surface area contributed by atoms with Crippen molar-refractivity contribution in [2.75, 3.05) is 13.7 Å². The summed E-state index contributed by atoms with van der Waals surface area (Å²) < 4.78 is 10.1. The highest BCUT2D eigenvalue weighted by Gasteiger charge is 2.09. The predicted octanol–water partition coefficient (Wildman–Crippen LogP) is 1.26. The van der Waals surface area contributed by atoms with E-state index in [2.05, 4.69) is 6.92 Å². The molecule has 0 heterocycles. The Labute approximate surface area is 57.2 Å². The fraction of sp³-hybridized carbons (Fsp3) is 0.857. The minimum Gasteiger partial charge on any atom is -0.379 e. The van der Waals surface area contributed by atoms with Crippen molar-refractivity contribution >= 4 is 0 Å². The van der Waals surface area contributed by atoms with Crippen molar-refractivity contribution in [1.82, 2.24) is 0 Å². The summed E-state index contributed by atoms with van der Waals surface area (Å²) in [5.74, 6) is 0. The first-order valence-corrected chi connectivity index (χ1v) is 3.19. The number of ether oxygens (including phenoxy) is 2. The zero-order valence-electron chi connectivity index (χ0n) is 6.39. The van der Waals surface area contributed by atoms with E-state index < -0.39 is 0 Å². The smallest absolute Gasteiger partial charge is 0.0834 e. The van der Waals surface area contributed by atoms with Crippen molar-refractivity contribution in [2.24, 2.45) is 0 Å². The van der Waals surface area contributed by atoms with E-state index in [0.717, 1.165) is 0 Å². The van der Waals surface area contributed by atoms with Gasteiger partial charge in [-0.25, -0.2) is 0 Å². The molecule has 55 valence electrons. The highest BCUT2D eigenvalue weighted by molar-refractivity contribution is 4.66. The highest BCUT2D eigenvalue weighted by Crippen LogP contribution is 1.99. The third-order valence-corrected chi connectivity index (χ3v) is 1.28. The molecular formula is C7H15O2. The second-order valence-corrected chi connectivity index (χ2v) is 1.93. The fourth-order valence-corrected chi connectivity index (χ4v) is 0.501. The number of methoxy groups -OCH3 is 1. The quantitative estimate of drug-likeness (QED) is 0.572. The Morgan fingerprint density at radius 3 is 2.44 bits per heavy atom. The third-order valence-electron chi connectivity index (χ3n) is 1.28. The molecule has 0 N–H and O–H groups in total. The number of hydrogen-bond donors (Lipinski definition) is 0. The standard InChI is InChI=1S/C7H15O2/c1-5-9-7(3)6(2)8-4/h6-7H,3,5H2,1-2,4H3. The van der Waals surface area contributed by atoms with E-state index in [1.54, 1.807) is 7.11 Å². The second-order valence-electron chi connectivity index (χ2n) is 1.93. The Kier molecular flexibility index (Phi) is 4.72. The molecule has 0 fully saturated rings. The van der Waals surface area contributed by atoms with Crippen LogP contribution < -0.4 is 0 Å². The average Bonchev–Trinajstić information content (AvgIpc) is 1.87. The van der Waals surface area contributed by atoms with Crippen LogP contribution in [0.2, 0.25) is 0 Å². The van der Waals surface area contributed by atoms with Gasteiger partial charge in [-0.15, -0.1) is 0 Å². The summed E-state index contributed by atoms with van der Waals surface area (Å²) in [6, 6.07) is 0. The Balaban J connectivity index is 3.32.